The number of nitrogens with two attached hydrogens (primary N) is 1. The molecule has 3 N–H and O–H groups in total. The zero-order valence-electron chi connectivity index (χ0n) is 12.6. The number of anilines is 1. The van der Waals surface area contributed by atoms with Crippen molar-refractivity contribution >= 4 is 39.8 Å². The molecule has 0 radical (unpaired) electrons. The molecule has 1 atom stereocenters. The Morgan fingerprint density at radius 1 is 1.30 bits per heavy atom. The third-order valence-corrected chi connectivity index (χ3v) is 6.36. The Hall–Kier alpha value is -0.640. The summed E-state index contributed by atoms with van der Waals surface area (Å²) in [6.07, 6.45) is 2.19. The molecule has 1 aromatic heterocycles. The highest BCUT2D eigenvalue weighted by molar-refractivity contribution is 7.89. The maximum absolute atomic E-state index is 12.8. The topological polar surface area (TPSA) is 91.6 Å². The van der Waals surface area contributed by atoms with Crippen molar-refractivity contribution < 1.29 is 8.42 Å². The molecular formula is C13H21Cl2N5O2S. The molecule has 0 aromatic carbocycles. The first-order chi connectivity index (χ1) is 10.5. The molecule has 1 aromatic rings. The Labute approximate surface area is 147 Å². The van der Waals surface area contributed by atoms with Crippen LogP contribution in [-0.2, 0) is 10.0 Å². The quantitative estimate of drug-likeness (QED) is 0.787. The second kappa shape index (κ2) is 7.50. The molecule has 7 nitrogen and oxygen atoms in total. The molecule has 0 aliphatic carbocycles. The summed E-state index contributed by atoms with van der Waals surface area (Å²) in [5, 5.41) is 3.58. The van der Waals surface area contributed by atoms with Gasteiger partial charge in [0.1, 0.15) is 10.7 Å². The minimum absolute atomic E-state index is 0. The normalized spacial score (nSPS) is 23.6. The van der Waals surface area contributed by atoms with E-state index in [1.807, 2.05) is 0 Å². The second-order valence-corrected chi connectivity index (χ2v) is 7.97. The van der Waals surface area contributed by atoms with E-state index in [9.17, 15) is 8.42 Å². The second-order valence-electron chi connectivity index (χ2n) is 5.63. The fraction of sp³-hybridized carbons (Fsp3) is 0.615. The monoisotopic (exact) mass is 381 g/mol. The van der Waals surface area contributed by atoms with Crippen LogP contribution in [0.2, 0.25) is 5.02 Å². The van der Waals surface area contributed by atoms with E-state index in [1.165, 1.54) is 16.6 Å². The summed E-state index contributed by atoms with van der Waals surface area (Å²) >= 11 is 5.86. The van der Waals surface area contributed by atoms with Crippen LogP contribution in [0.3, 0.4) is 0 Å². The fourth-order valence-electron chi connectivity index (χ4n) is 3.05. The highest BCUT2D eigenvalue weighted by Crippen LogP contribution is 2.27. The molecule has 3 heterocycles. The lowest BCUT2D eigenvalue weighted by atomic mass is 10.2. The predicted octanol–water partition coefficient (Wildman–Crippen LogP) is 0.407. The van der Waals surface area contributed by atoms with Gasteiger partial charge in [-0.1, -0.05) is 11.6 Å². The van der Waals surface area contributed by atoms with Crippen molar-refractivity contribution in [3.05, 3.63) is 17.3 Å². The summed E-state index contributed by atoms with van der Waals surface area (Å²) < 4.78 is 27.0. The van der Waals surface area contributed by atoms with Crippen LogP contribution in [0.1, 0.15) is 6.42 Å². The lowest BCUT2D eigenvalue weighted by Gasteiger charge is -2.32. The van der Waals surface area contributed by atoms with Gasteiger partial charge in [0.2, 0.25) is 10.0 Å². The van der Waals surface area contributed by atoms with Crippen LogP contribution in [0.15, 0.2) is 17.2 Å². The standard InChI is InChI=1S/C13H20ClN5O2S.ClH/c14-10-7-12(13(15)17-8-10)22(20,21)19-4-1-11(9-19)18-5-2-16-3-6-18;/h7-8,11,16H,1-6,9H2,(H2,15,17);1H. The van der Waals surface area contributed by atoms with E-state index in [1.54, 1.807) is 0 Å². The zero-order valence-corrected chi connectivity index (χ0v) is 15.0. The molecule has 10 heteroatoms. The Morgan fingerprint density at radius 2 is 2.00 bits per heavy atom. The summed E-state index contributed by atoms with van der Waals surface area (Å²) in [5.74, 6) is -0.00461. The first-order valence-electron chi connectivity index (χ1n) is 7.34. The van der Waals surface area contributed by atoms with Gasteiger partial charge in [-0.25, -0.2) is 13.4 Å². The van der Waals surface area contributed by atoms with Gasteiger partial charge in [-0.2, -0.15) is 4.31 Å². The van der Waals surface area contributed by atoms with Gasteiger partial charge >= 0.3 is 0 Å². The average molecular weight is 382 g/mol. The van der Waals surface area contributed by atoms with Crippen molar-refractivity contribution in [1.29, 1.82) is 0 Å². The first kappa shape index (κ1) is 18.7. The number of rotatable bonds is 3. The van der Waals surface area contributed by atoms with Gasteiger partial charge in [0.25, 0.3) is 0 Å². The van der Waals surface area contributed by atoms with E-state index >= 15 is 0 Å². The molecule has 23 heavy (non-hydrogen) atoms. The molecule has 3 rings (SSSR count). The lowest BCUT2D eigenvalue weighted by molar-refractivity contribution is 0.179. The SMILES string of the molecule is Cl.Nc1ncc(Cl)cc1S(=O)(=O)N1CCC(N2CCNCC2)C1. The lowest BCUT2D eigenvalue weighted by Crippen LogP contribution is -2.49. The van der Waals surface area contributed by atoms with Crippen molar-refractivity contribution in [2.45, 2.75) is 17.4 Å². The molecule has 2 fully saturated rings. The summed E-state index contributed by atoms with van der Waals surface area (Å²) in [6.45, 7) is 4.82. The van der Waals surface area contributed by atoms with Crippen LogP contribution < -0.4 is 11.1 Å². The molecule has 2 aliphatic heterocycles. The van der Waals surface area contributed by atoms with Crippen LogP contribution in [0.25, 0.3) is 0 Å². The molecule has 130 valence electrons. The third kappa shape index (κ3) is 3.89. The predicted molar refractivity (Wildman–Crippen MR) is 92.5 cm³/mol. The molecule has 0 saturated carbocycles. The molecule has 0 amide bonds. The minimum atomic E-state index is -3.64. The van der Waals surface area contributed by atoms with Crippen LogP contribution in [-0.4, -0.2) is 67.9 Å². The Balaban J connectivity index is 0.00000192. The highest BCUT2D eigenvalue weighted by Gasteiger charge is 2.36. The molecule has 0 bridgehead atoms. The van der Waals surface area contributed by atoms with E-state index in [2.05, 4.69) is 15.2 Å². The van der Waals surface area contributed by atoms with Crippen LogP contribution >= 0.6 is 24.0 Å². The largest absolute Gasteiger partial charge is 0.383 e. The average Bonchev–Trinajstić information content (AvgIpc) is 3.01. The smallest absolute Gasteiger partial charge is 0.246 e. The number of pyridine rings is 1. The number of nitrogens with one attached hydrogen (secondary N) is 1. The Morgan fingerprint density at radius 3 is 2.70 bits per heavy atom. The fourth-order valence-corrected chi connectivity index (χ4v) is 4.86. The maximum atomic E-state index is 12.8. The molecular weight excluding hydrogens is 361 g/mol. The number of nitrogens with zero attached hydrogens (tertiary/aromatic N) is 3. The van der Waals surface area contributed by atoms with Gasteiger partial charge in [0, 0.05) is 51.5 Å². The minimum Gasteiger partial charge on any atom is -0.383 e. The number of sulfonamides is 1. The number of hydrogen-bond donors (Lipinski definition) is 2. The summed E-state index contributed by atoms with van der Waals surface area (Å²) in [6, 6.07) is 1.64. The van der Waals surface area contributed by atoms with Crippen molar-refractivity contribution in [1.82, 2.24) is 19.5 Å². The number of hydrogen-bond acceptors (Lipinski definition) is 6. The van der Waals surface area contributed by atoms with E-state index in [0.29, 0.717) is 13.1 Å². The highest BCUT2D eigenvalue weighted by atomic mass is 35.5. The first-order valence-corrected chi connectivity index (χ1v) is 9.16. The number of piperazine rings is 1. The van der Waals surface area contributed by atoms with Gasteiger partial charge in [0.15, 0.2) is 0 Å². The Kier molecular flexibility index (Phi) is 6.10. The van der Waals surface area contributed by atoms with Crippen molar-refractivity contribution in [2.75, 3.05) is 45.0 Å². The Bertz CT molecular complexity index is 652. The van der Waals surface area contributed by atoms with Crippen LogP contribution in [0, 0.1) is 0 Å². The third-order valence-electron chi connectivity index (χ3n) is 4.26. The molecule has 0 spiro atoms. The van der Waals surface area contributed by atoms with Crippen molar-refractivity contribution in [2.24, 2.45) is 0 Å². The van der Waals surface area contributed by atoms with E-state index < -0.39 is 10.0 Å². The van der Waals surface area contributed by atoms with Gasteiger partial charge in [-0.15, -0.1) is 12.4 Å². The maximum Gasteiger partial charge on any atom is 0.246 e. The van der Waals surface area contributed by atoms with Gasteiger partial charge in [0.05, 0.1) is 5.02 Å². The number of halogens is 2. The zero-order chi connectivity index (χ0) is 15.7. The summed E-state index contributed by atoms with van der Waals surface area (Å²) in [5.41, 5.74) is 5.73. The number of nitrogen functional groups attached to an aromatic ring is 1. The van der Waals surface area contributed by atoms with E-state index in [0.717, 1.165) is 32.6 Å². The van der Waals surface area contributed by atoms with Crippen LogP contribution in [0.5, 0.6) is 0 Å². The molecule has 1 unspecified atom stereocenters. The van der Waals surface area contributed by atoms with Crippen LogP contribution in [0.4, 0.5) is 5.82 Å². The molecule has 2 saturated heterocycles. The van der Waals surface area contributed by atoms with Gasteiger partial charge < -0.3 is 11.1 Å². The van der Waals surface area contributed by atoms with Crippen molar-refractivity contribution in [3.63, 3.8) is 0 Å². The molecule has 2 aliphatic rings. The number of aromatic nitrogens is 1. The van der Waals surface area contributed by atoms with E-state index in [4.69, 9.17) is 17.3 Å². The summed E-state index contributed by atoms with van der Waals surface area (Å²) in [7, 11) is -3.64. The van der Waals surface area contributed by atoms with E-state index in [-0.39, 0.29) is 34.2 Å². The van der Waals surface area contributed by atoms with Gasteiger partial charge in [-0.3, -0.25) is 4.90 Å². The summed E-state index contributed by atoms with van der Waals surface area (Å²) in [4.78, 5) is 6.20. The van der Waals surface area contributed by atoms with Gasteiger partial charge in [-0.05, 0) is 12.5 Å². The van der Waals surface area contributed by atoms with Crippen molar-refractivity contribution in [3.8, 4) is 0 Å².